The zero-order valence-corrected chi connectivity index (χ0v) is 16.5. The number of amidine groups is 1. The van der Waals surface area contributed by atoms with Gasteiger partial charge in [-0.3, -0.25) is 10.4 Å². The average molecular weight is 427 g/mol. The van der Waals surface area contributed by atoms with Crippen LogP contribution in [0.5, 0.6) is 0 Å². The number of allylic oxidation sites excluding steroid dienone is 2. The molecule has 0 spiro atoms. The zero-order valence-electron chi connectivity index (χ0n) is 15.7. The number of halogens is 5. The molecule has 3 atom stereocenters. The highest BCUT2D eigenvalue weighted by atomic mass is 35.5. The Hall–Kier alpha value is -2.07. The van der Waals surface area contributed by atoms with Crippen LogP contribution in [-0.4, -0.2) is 61.3 Å². The molecule has 6 nitrogen and oxygen atoms in total. The minimum absolute atomic E-state index is 0.0410. The van der Waals surface area contributed by atoms with Gasteiger partial charge < -0.3 is 19.7 Å². The van der Waals surface area contributed by atoms with Crippen LogP contribution in [0.1, 0.15) is 13.8 Å². The van der Waals surface area contributed by atoms with Crippen LogP contribution in [-0.2, 0) is 9.47 Å². The fraction of sp³-hybridized carbons (Fsp3) is 0.529. The maximum Gasteiger partial charge on any atom is 0.411 e. The number of nitrogens with one attached hydrogen (secondary N) is 2. The van der Waals surface area contributed by atoms with Gasteiger partial charge in [-0.15, -0.1) is 0 Å². The van der Waals surface area contributed by atoms with Gasteiger partial charge in [0.05, 0.1) is 11.7 Å². The van der Waals surface area contributed by atoms with Crippen LogP contribution in [0.15, 0.2) is 40.9 Å². The molecule has 1 heterocycles. The maximum absolute atomic E-state index is 15.3. The van der Waals surface area contributed by atoms with Crippen LogP contribution in [0, 0.1) is 5.41 Å². The third-order valence-corrected chi connectivity index (χ3v) is 5.13. The first-order valence-electron chi connectivity index (χ1n) is 8.05. The smallest absolute Gasteiger partial charge is 0.411 e. The van der Waals surface area contributed by atoms with Crippen LogP contribution in [0.25, 0.3) is 0 Å². The summed E-state index contributed by atoms with van der Waals surface area (Å²) in [5.41, 5.74) is -3.34. The van der Waals surface area contributed by atoms with Crippen LogP contribution in [0.2, 0.25) is 0 Å². The Kier molecular flexibility index (Phi) is 7.66. The number of rotatable bonds is 8. The van der Waals surface area contributed by atoms with E-state index in [2.05, 4.69) is 23.6 Å². The Morgan fingerprint density at radius 3 is 2.68 bits per heavy atom. The van der Waals surface area contributed by atoms with E-state index in [0.717, 1.165) is 12.3 Å². The minimum atomic E-state index is -4.60. The second kappa shape index (κ2) is 8.95. The molecule has 1 aliphatic heterocycles. The summed E-state index contributed by atoms with van der Waals surface area (Å²) in [6.45, 7) is 7.57. The third kappa shape index (κ3) is 4.85. The van der Waals surface area contributed by atoms with E-state index in [4.69, 9.17) is 26.5 Å². The van der Waals surface area contributed by atoms with Gasteiger partial charge in [0.15, 0.2) is 0 Å². The van der Waals surface area contributed by atoms with Crippen molar-refractivity contribution in [1.29, 1.82) is 5.41 Å². The van der Waals surface area contributed by atoms with E-state index >= 15 is 4.39 Å². The predicted octanol–water partition coefficient (Wildman–Crippen LogP) is 3.72. The molecular weight excluding hydrogens is 404 g/mol. The molecule has 0 aromatic rings. The van der Waals surface area contributed by atoms with E-state index in [0.29, 0.717) is 0 Å². The first-order chi connectivity index (χ1) is 12.8. The normalized spacial score (nSPS) is 26.0. The van der Waals surface area contributed by atoms with Crippen molar-refractivity contribution >= 4 is 24.3 Å². The van der Waals surface area contributed by atoms with Crippen molar-refractivity contribution in [2.75, 3.05) is 20.3 Å². The quantitative estimate of drug-likeness (QED) is 0.269. The molecule has 0 saturated carbocycles. The van der Waals surface area contributed by atoms with Crippen LogP contribution in [0.3, 0.4) is 0 Å². The topological polar surface area (TPSA) is 69.9 Å². The van der Waals surface area contributed by atoms with Crippen molar-refractivity contribution in [1.82, 2.24) is 10.2 Å². The van der Waals surface area contributed by atoms with Crippen LogP contribution in [0.4, 0.5) is 17.6 Å². The van der Waals surface area contributed by atoms with Gasteiger partial charge in [0, 0.05) is 7.05 Å². The van der Waals surface area contributed by atoms with Crippen LogP contribution >= 0.6 is 11.6 Å². The number of ether oxygens (including phenoxy) is 2. The SMILES string of the molecule is C=C/C=C(/F)C(C)(N(C)/C(Cl)=C\N=C)[C@@]1(C)NC(=N)OC[C@@H]1OCC(F)(F)F. The number of alkyl halides is 3. The van der Waals surface area contributed by atoms with Gasteiger partial charge in [-0.1, -0.05) is 24.3 Å². The van der Waals surface area contributed by atoms with Gasteiger partial charge in [-0.25, -0.2) is 4.39 Å². The molecule has 0 radical (unpaired) electrons. The lowest BCUT2D eigenvalue weighted by atomic mass is 9.72. The van der Waals surface area contributed by atoms with Crippen molar-refractivity contribution in [3.63, 3.8) is 0 Å². The van der Waals surface area contributed by atoms with Gasteiger partial charge in [-0.05, 0) is 26.6 Å². The maximum atomic E-state index is 15.3. The third-order valence-electron chi connectivity index (χ3n) is 4.77. The van der Waals surface area contributed by atoms with Gasteiger partial charge in [-0.2, -0.15) is 13.2 Å². The van der Waals surface area contributed by atoms with E-state index in [1.165, 1.54) is 31.9 Å². The lowest BCUT2D eigenvalue weighted by molar-refractivity contribution is -0.205. The first-order valence-corrected chi connectivity index (χ1v) is 8.43. The largest absolute Gasteiger partial charge is 0.463 e. The van der Waals surface area contributed by atoms with E-state index in [1.54, 1.807) is 0 Å². The van der Waals surface area contributed by atoms with Crippen molar-refractivity contribution in [3.8, 4) is 0 Å². The number of hydrogen-bond acceptors (Lipinski definition) is 5. The molecule has 28 heavy (non-hydrogen) atoms. The lowest BCUT2D eigenvalue weighted by Gasteiger charge is -2.55. The minimum Gasteiger partial charge on any atom is -0.463 e. The number of hydrogen-bond donors (Lipinski definition) is 2. The molecule has 1 rings (SSSR count). The molecule has 0 aromatic heterocycles. The van der Waals surface area contributed by atoms with Gasteiger partial charge in [0.1, 0.15) is 35.8 Å². The lowest BCUT2D eigenvalue weighted by Crippen LogP contribution is -2.76. The van der Waals surface area contributed by atoms with E-state index in [-0.39, 0.29) is 5.16 Å². The summed E-state index contributed by atoms with van der Waals surface area (Å²) in [5.74, 6) is -0.786. The van der Waals surface area contributed by atoms with Crippen molar-refractivity contribution in [3.05, 3.63) is 35.9 Å². The molecule has 1 aliphatic rings. The number of aliphatic imine (C=N–C) groups is 1. The molecule has 0 aliphatic carbocycles. The summed E-state index contributed by atoms with van der Waals surface area (Å²) in [7, 11) is 1.42. The highest BCUT2D eigenvalue weighted by Gasteiger charge is 2.59. The number of likely N-dealkylation sites (N-methyl/N-ethyl adjacent to an activating group) is 1. The molecule has 1 saturated heterocycles. The molecule has 0 amide bonds. The first kappa shape index (κ1) is 24.0. The fourth-order valence-electron chi connectivity index (χ4n) is 2.92. The average Bonchev–Trinajstić information content (AvgIpc) is 2.59. The highest BCUT2D eigenvalue weighted by Crippen LogP contribution is 2.43. The molecule has 1 fully saturated rings. The summed E-state index contributed by atoms with van der Waals surface area (Å²) in [4.78, 5) is 4.79. The molecule has 0 bridgehead atoms. The predicted molar refractivity (Wildman–Crippen MR) is 100 cm³/mol. The van der Waals surface area contributed by atoms with E-state index in [1.807, 2.05) is 0 Å². The van der Waals surface area contributed by atoms with E-state index in [9.17, 15) is 13.2 Å². The highest BCUT2D eigenvalue weighted by molar-refractivity contribution is 6.29. The Labute approximate surface area is 166 Å². The second-order valence-electron chi connectivity index (χ2n) is 6.40. The molecular formula is C17H23ClF4N4O2. The molecule has 0 aromatic carbocycles. The molecule has 158 valence electrons. The summed E-state index contributed by atoms with van der Waals surface area (Å²) < 4.78 is 63.5. The van der Waals surface area contributed by atoms with Crippen molar-refractivity contribution < 1.29 is 27.0 Å². The van der Waals surface area contributed by atoms with Crippen molar-refractivity contribution in [2.24, 2.45) is 4.99 Å². The fourth-order valence-corrected chi connectivity index (χ4v) is 3.16. The van der Waals surface area contributed by atoms with Crippen molar-refractivity contribution in [2.45, 2.75) is 37.2 Å². The summed E-state index contributed by atoms with van der Waals surface area (Å²) in [6.07, 6.45) is -2.51. The Morgan fingerprint density at radius 1 is 1.57 bits per heavy atom. The zero-order chi connectivity index (χ0) is 21.8. The Bertz CT molecular complexity index is 683. The molecule has 11 heteroatoms. The second-order valence-corrected chi connectivity index (χ2v) is 6.79. The summed E-state index contributed by atoms with van der Waals surface area (Å²) >= 11 is 6.18. The number of nitrogens with zero attached hydrogens (tertiary/aromatic N) is 2. The Balaban J connectivity index is 3.56. The standard InChI is InChI=1S/C17H23ClF4N4O2/c1-6-7-11(19)16(3,26(5)13(18)8-24-4)15(2)12(9-27-14(23)25-15)28-10-17(20,21)22/h6-8,12H,1,4,9-10H2,2-3,5H3,(H2,23,25)/b11-7+,13-8-/t12-,15-,16?/m0/s1. The van der Waals surface area contributed by atoms with Gasteiger partial charge in [0.25, 0.3) is 6.02 Å². The molecule has 2 N–H and O–H groups in total. The Morgan fingerprint density at radius 2 is 2.18 bits per heavy atom. The summed E-state index contributed by atoms with van der Waals surface area (Å²) in [5, 5.41) is 10.3. The van der Waals surface area contributed by atoms with Gasteiger partial charge in [0.2, 0.25) is 0 Å². The van der Waals surface area contributed by atoms with E-state index < -0.39 is 48.4 Å². The van der Waals surface area contributed by atoms with Crippen LogP contribution < -0.4 is 5.32 Å². The monoisotopic (exact) mass is 426 g/mol. The van der Waals surface area contributed by atoms with Gasteiger partial charge >= 0.3 is 6.18 Å². The molecule has 1 unspecified atom stereocenters. The summed E-state index contributed by atoms with van der Waals surface area (Å²) in [6, 6.07) is -0.442.